The van der Waals surface area contributed by atoms with Crippen molar-refractivity contribution in [1.82, 2.24) is 15.2 Å². The maximum Gasteiger partial charge on any atom is 0.343 e. The molecule has 0 aromatic carbocycles. The number of carbonyl (C=O) groups is 1. The van der Waals surface area contributed by atoms with Crippen LogP contribution in [0.4, 0.5) is 0 Å². The average Bonchev–Trinajstić information content (AvgIpc) is 2.40. The first-order valence-corrected chi connectivity index (χ1v) is 5.39. The number of carbonyl (C=O) groups excluding carboxylic acids is 1. The third-order valence-electron chi connectivity index (χ3n) is 2.26. The van der Waals surface area contributed by atoms with Gasteiger partial charge in [0.25, 0.3) is 5.56 Å². The highest BCUT2D eigenvalue weighted by molar-refractivity contribution is 5.90. The maximum absolute atomic E-state index is 11.6. The number of aromatic amines is 1. The van der Waals surface area contributed by atoms with Crippen molar-refractivity contribution in [2.24, 2.45) is 0 Å². The van der Waals surface area contributed by atoms with Crippen LogP contribution < -0.4 is 5.56 Å². The summed E-state index contributed by atoms with van der Waals surface area (Å²) in [6, 6.07) is 4.92. The Hall–Kier alpha value is -2.50. The van der Waals surface area contributed by atoms with Crippen molar-refractivity contribution in [3.05, 3.63) is 46.5 Å². The predicted octanol–water partition coefficient (Wildman–Crippen LogP) is 1.01. The fourth-order valence-corrected chi connectivity index (χ4v) is 1.43. The summed E-state index contributed by atoms with van der Waals surface area (Å²) in [6.45, 7) is 1.89. The summed E-state index contributed by atoms with van der Waals surface area (Å²) in [5.41, 5.74) is 0.539. The van der Waals surface area contributed by atoms with Gasteiger partial charge in [-0.05, 0) is 25.1 Å². The molecular formula is C12H11N3O3. The van der Waals surface area contributed by atoms with E-state index in [1.807, 2.05) is 0 Å². The van der Waals surface area contributed by atoms with Gasteiger partial charge in [-0.3, -0.25) is 9.78 Å². The zero-order valence-electron chi connectivity index (χ0n) is 9.71. The Balaban J connectivity index is 2.44. The maximum atomic E-state index is 11.6. The van der Waals surface area contributed by atoms with Crippen LogP contribution in [0, 0.1) is 0 Å². The molecule has 0 atom stereocenters. The number of hydrogen-bond acceptors (Lipinski definition) is 5. The van der Waals surface area contributed by atoms with E-state index in [0.29, 0.717) is 11.3 Å². The van der Waals surface area contributed by atoms with Crippen LogP contribution in [0.2, 0.25) is 0 Å². The second-order valence-electron chi connectivity index (χ2n) is 3.46. The molecule has 0 aliphatic carbocycles. The standard InChI is InChI=1S/C12H11N3O3/c1-2-18-12(17)9-6-10(14-15-11(9)16)8-4-3-5-13-7-8/h3-7H,2H2,1H3,(H,15,16). The number of nitrogens with zero attached hydrogens (tertiary/aromatic N) is 2. The zero-order valence-corrected chi connectivity index (χ0v) is 9.71. The van der Waals surface area contributed by atoms with E-state index in [9.17, 15) is 9.59 Å². The molecule has 0 bridgehead atoms. The summed E-state index contributed by atoms with van der Waals surface area (Å²) in [6.07, 6.45) is 3.22. The van der Waals surface area contributed by atoms with Crippen LogP contribution in [0.3, 0.4) is 0 Å². The molecule has 0 amide bonds. The number of nitrogens with one attached hydrogen (secondary N) is 1. The lowest BCUT2D eigenvalue weighted by atomic mass is 10.1. The molecule has 0 aliphatic rings. The van der Waals surface area contributed by atoms with Gasteiger partial charge in [-0.1, -0.05) is 0 Å². The van der Waals surface area contributed by atoms with Gasteiger partial charge in [0, 0.05) is 18.0 Å². The highest BCUT2D eigenvalue weighted by Gasteiger charge is 2.13. The van der Waals surface area contributed by atoms with Crippen LogP contribution in [0.15, 0.2) is 35.4 Å². The van der Waals surface area contributed by atoms with E-state index in [0.717, 1.165) is 0 Å². The molecule has 2 rings (SSSR count). The van der Waals surface area contributed by atoms with E-state index in [1.165, 1.54) is 6.07 Å². The monoisotopic (exact) mass is 245 g/mol. The van der Waals surface area contributed by atoms with Crippen LogP contribution in [0.1, 0.15) is 17.3 Å². The summed E-state index contributed by atoms with van der Waals surface area (Å²) < 4.78 is 4.80. The molecule has 1 N–H and O–H groups in total. The molecule has 0 saturated carbocycles. The number of H-pyrrole nitrogens is 1. The van der Waals surface area contributed by atoms with Crippen molar-refractivity contribution in [1.29, 1.82) is 0 Å². The molecule has 2 aromatic heterocycles. The number of rotatable bonds is 3. The van der Waals surface area contributed by atoms with Crippen molar-refractivity contribution in [2.45, 2.75) is 6.92 Å². The van der Waals surface area contributed by atoms with Gasteiger partial charge >= 0.3 is 5.97 Å². The Labute approximate surface area is 103 Å². The van der Waals surface area contributed by atoms with Crippen LogP contribution in [-0.2, 0) is 4.74 Å². The second-order valence-corrected chi connectivity index (χ2v) is 3.46. The second kappa shape index (κ2) is 5.22. The van der Waals surface area contributed by atoms with E-state index in [1.54, 1.807) is 31.5 Å². The Kier molecular flexibility index (Phi) is 3.47. The van der Waals surface area contributed by atoms with Crippen molar-refractivity contribution >= 4 is 5.97 Å². The van der Waals surface area contributed by atoms with E-state index < -0.39 is 11.5 Å². The van der Waals surface area contributed by atoms with Crippen molar-refractivity contribution in [3.63, 3.8) is 0 Å². The number of aromatic nitrogens is 3. The first-order chi connectivity index (χ1) is 8.72. The Morgan fingerprint density at radius 2 is 2.33 bits per heavy atom. The molecule has 6 nitrogen and oxygen atoms in total. The normalized spacial score (nSPS) is 10.1. The van der Waals surface area contributed by atoms with Gasteiger partial charge in [0.2, 0.25) is 0 Å². The van der Waals surface area contributed by atoms with E-state index in [4.69, 9.17) is 4.74 Å². The van der Waals surface area contributed by atoms with Crippen LogP contribution in [-0.4, -0.2) is 27.8 Å². The molecule has 0 aliphatic heterocycles. The molecule has 6 heteroatoms. The van der Waals surface area contributed by atoms with Crippen LogP contribution >= 0.6 is 0 Å². The van der Waals surface area contributed by atoms with Gasteiger partial charge in [-0.25, -0.2) is 9.89 Å². The van der Waals surface area contributed by atoms with E-state index in [2.05, 4.69) is 15.2 Å². The fourth-order valence-electron chi connectivity index (χ4n) is 1.43. The molecule has 0 unspecified atom stereocenters. The molecule has 2 heterocycles. The summed E-state index contributed by atoms with van der Waals surface area (Å²) in [5, 5.41) is 6.14. The highest BCUT2D eigenvalue weighted by Crippen LogP contribution is 2.14. The average molecular weight is 245 g/mol. The number of pyridine rings is 1. The molecule has 0 spiro atoms. The van der Waals surface area contributed by atoms with Crippen molar-refractivity contribution in [3.8, 4) is 11.3 Å². The SMILES string of the molecule is CCOC(=O)c1cc(-c2cccnc2)n[nH]c1=O. The summed E-state index contributed by atoms with van der Waals surface area (Å²) in [7, 11) is 0. The minimum absolute atomic E-state index is 0.0642. The first kappa shape index (κ1) is 12.0. The Bertz CT molecular complexity index is 607. The lowest BCUT2D eigenvalue weighted by Gasteiger charge is -2.03. The van der Waals surface area contributed by atoms with E-state index in [-0.39, 0.29) is 12.2 Å². The molecule has 0 fully saturated rings. The van der Waals surface area contributed by atoms with E-state index >= 15 is 0 Å². The summed E-state index contributed by atoms with van der Waals surface area (Å²) in [4.78, 5) is 27.0. The van der Waals surface area contributed by atoms with Gasteiger partial charge in [0.15, 0.2) is 0 Å². The highest BCUT2D eigenvalue weighted by atomic mass is 16.5. The van der Waals surface area contributed by atoms with Gasteiger partial charge in [0.05, 0.1) is 12.3 Å². The van der Waals surface area contributed by atoms with Gasteiger partial charge in [-0.15, -0.1) is 0 Å². The molecule has 0 saturated heterocycles. The first-order valence-electron chi connectivity index (χ1n) is 5.39. The lowest BCUT2D eigenvalue weighted by molar-refractivity contribution is 0.0524. The third kappa shape index (κ3) is 2.42. The third-order valence-corrected chi connectivity index (χ3v) is 2.26. The van der Waals surface area contributed by atoms with Gasteiger partial charge < -0.3 is 4.74 Å². The van der Waals surface area contributed by atoms with Crippen LogP contribution in [0.25, 0.3) is 11.3 Å². The Morgan fingerprint density at radius 3 is 3.00 bits per heavy atom. The van der Waals surface area contributed by atoms with Gasteiger partial charge in [0.1, 0.15) is 5.56 Å². The fraction of sp³-hybridized carbons (Fsp3) is 0.167. The lowest BCUT2D eigenvalue weighted by Crippen LogP contribution is -2.21. The molecule has 18 heavy (non-hydrogen) atoms. The molecule has 0 radical (unpaired) electrons. The quantitative estimate of drug-likeness (QED) is 0.815. The topological polar surface area (TPSA) is 84.9 Å². The number of hydrogen-bond donors (Lipinski definition) is 1. The minimum Gasteiger partial charge on any atom is -0.462 e. The molecule has 2 aromatic rings. The molecule has 92 valence electrons. The summed E-state index contributed by atoms with van der Waals surface area (Å²) >= 11 is 0. The number of ether oxygens (including phenoxy) is 1. The van der Waals surface area contributed by atoms with Gasteiger partial charge in [-0.2, -0.15) is 5.10 Å². The summed E-state index contributed by atoms with van der Waals surface area (Å²) in [5.74, 6) is -0.661. The predicted molar refractivity (Wildman–Crippen MR) is 64.0 cm³/mol. The van der Waals surface area contributed by atoms with Crippen molar-refractivity contribution in [2.75, 3.05) is 6.61 Å². The number of esters is 1. The van der Waals surface area contributed by atoms with Crippen molar-refractivity contribution < 1.29 is 9.53 Å². The molecular weight excluding hydrogens is 234 g/mol. The minimum atomic E-state index is -0.661. The largest absolute Gasteiger partial charge is 0.462 e. The van der Waals surface area contributed by atoms with Crippen LogP contribution in [0.5, 0.6) is 0 Å². The Morgan fingerprint density at radius 1 is 1.50 bits per heavy atom. The smallest absolute Gasteiger partial charge is 0.343 e. The zero-order chi connectivity index (χ0) is 13.0.